The summed E-state index contributed by atoms with van der Waals surface area (Å²) < 4.78 is 0. The number of hydrogen-bond donors (Lipinski definition) is 0. The molecule has 0 N–H and O–H groups in total. The maximum Gasteiger partial charge on any atom is 0.0830 e. The van der Waals surface area contributed by atoms with Crippen LogP contribution in [0, 0.1) is 0 Å². The summed E-state index contributed by atoms with van der Waals surface area (Å²) in [4.78, 5) is 2.66. The summed E-state index contributed by atoms with van der Waals surface area (Å²) in [5.41, 5.74) is 7.81. The third-order valence-electron chi connectivity index (χ3n) is 4.20. The van der Waals surface area contributed by atoms with Crippen LogP contribution in [0.1, 0.15) is 13.3 Å². The summed E-state index contributed by atoms with van der Waals surface area (Å²) >= 11 is 0. The van der Waals surface area contributed by atoms with Gasteiger partial charge < -0.3 is 0 Å². The maximum absolute atomic E-state index is 2.66. The van der Waals surface area contributed by atoms with Gasteiger partial charge in [-0.2, -0.15) is 0 Å². The van der Waals surface area contributed by atoms with Crippen molar-refractivity contribution in [2.24, 2.45) is 0 Å². The molecular formula is C9H7N. The van der Waals surface area contributed by atoms with Gasteiger partial charge in [0.05, 0.1) is 11.6 Å². The van der Waals surface area contributed by atoms with E-state index < -0.39 is 0 Å². The first-order chi connectivity index (χ1) is 4.88. The largest absolute Gasteiger partial charge is 0.276 e. The van der Waals surface area contributed by atoms with Crippen LogP contribution in [0.15, 0.2) is 22.3 Å². The van der Waals surface area contributed by atoms with E-state index in [0.717, 1.165) is 12.1 Å². The molecule has 0 bridgehead atoms. The molecule has 0 aromatic heterocycles. The van der Waals surface area contributed by atoms with Crippen LogP contribution in [0.4, 0.5) is 0 Å². The number of rotatable bonds is 0. The number of fused-ring (bicyclic) bond motifs is 4. The van der Waals surface area contributed by atoms with Crippen molar-refractivity contribution < 1.29 is 0 Å². The third-order valence-corrected chi connectivity index (χ3v) is 4.20. The molecule has 4 unspecified atom stereocenters. The first-order valence-corrected chi connectivity index (χ1v) is 4.14. The van der Waals surface area contributed by atoms with Gasteiger partial charge in [-0.05, 0) is 35.6 Å². The van der Waals surface area contributed by atoms with Gasteiger partial charge in [-0.3, -0.25) is 4.90 Å². The van der Waals surface area contributed by atoms with Gasteiger partial charge in [-0.25, -0.2) is 0 Å². The van der Waals surface area contributed by atoms with Crippen LogP contribution in [0.25, 0.3) is 0 Å². The van der Waals surface area contributed by atoms with E-state index in [1.54, 1.807) is 22.3 Å². The first-order valence-electron chi connectivity index (χ1n) is 4.14. The summed E-state index contributed by atoms with van der Waals surface area (Å²) in [6.07, 6.45) is 1.38. The quantitative estimate of drug-likeness (QED) is 0.438. The molecule has 5 rings (SSSR count). The van der Waals surface area contributed by atoms with Gasteiger partial charge in [0.2, 0.25) is 0 Å². The maximum atomic E-state index is 2.66. The van der Waals surface area contributed by atoms with Crippen molar-refractivity contribution >= 4 is 0 Å². The van der Waals surface area contributed by atoms with E-state index in [1.165, 1.54) is 6.42 Å². The Morgan fingerprint density at radius 1 is 1.50 bits per heavy atom. The predicted molar refractivity (Wildman–Crippen MR) is 36.5 cm³/mol. The molecule has 48 valence electrons. The van der Waals surface area contributed by atoms with Gasteiger partial charge in [-0.15, -0.1) is 0 Å². The van der Waals surface area contributed by atoms with Crippen molar-refractivity contribution in [3.05, 3.63) is 22.3 Å². The van der Waals surface area contributed by atoms with Crippen molar-refractivity contribution in [1.82, 2.24) is 4.90 Å². The zero-order valence-electron chi connectivity index (χ0n) is 5.81. The molecule has 0 aromatic carbocycles. The molecule has 0 amide bonds. The Morgan fingerprint density at radius 2 is 2.40 bits per heavy atom. The molecule has 1 nitrogen and oxygen atoms in total. The lowest BCUT2D eigenvalue weighted by Crippen LogP contribution is -2.38. The highest BCUT2D eigenvalue weighted by Gasteiger charge is 2.94. The molecule has 2 heterocycles. The average Bonchev–Trinajstić information content (AvgIpc) is 2.78. The van der Waals surface area contributed by atoms with Crippen LogP contribution >= 0.6 is 0 Å². The van der Waals surface area contributed by atoms with Crippen LogP contribution in [-0.4, -0.2) is 22.5 Å². The fourth-order valence-electron chi connectivity index (χ4n) is 3.56. The Balaban J connectivity index is 1.84. The van der Waals surface area contributed by atoms with Crippen LogP contribution < -0.4 is 0 Å². The molecule has 4 atom stereocenters. The lowest BCUT2D eigenvalue weighted by molar-refractivity contribution is 0.547. The van der Waals surface area contributed by atoms with E-state index in [-0.39, 0.29) is 0 Å². The average molecular weight is 129 g/mol. The van der Waals surface area contributed by atoms with Gasteiger partial charge >= 0.3 is 0 Å². The zero-order valence-corrected chi connectivity index (χ0v) is 5.81. The molecule has 10 heavy (non-hydrogen) atoms. The normalized spacial score (nSPS) is 68.7. The number of hydrogen-bond acceptors (Lipinski definition) is 1. The molecule has 0 aromatic rings. The fourth-order valence-corrected chi connectivity index (χ4v) is 3.56. The topological polar surface area (TPSA) is 3.01 Å². The highest BCUT2D eigenvalue weighted by atomic mass is 15.6. The molecular weight excluding hydrogens is 122 g/mol. The Morgan fingerprint density at radius 3 is 3.20 bits per heavy atom. The van der Waals surface area contributed by atoms with Crippen LogP contribution in [0.2, 0.25) is 0 Å². The van der Waals surface area contributed by atoms with E-state index in [9.17, 15) is 0 Å². The van der Waals surface area contributed by atoms with Gasteiger partial charge in [0, 0.05) is 6.04 Å². The second-order valence-corrected chi connectivity index (χ2v) is 4.23. The SMILES string of the molecule is CC1N2C3C4=C(C5=C4C5)C132. The Kier molecular flexibility index (Phi) is 0.231. The minimum absolute atomic E-state index is 0.699. The molecule has 0 saturated carbocycles. The smallest absolute Gasteiger partial charge is 0.0830 e. The monoisotopic (exact) mass is 129 g/mol. The van der Waals surface area contributed by atoms with Crippen molar-refractivity contribution in [2.75, 3.05) is 0 Å². The van der Waals surface area contributed by atoms with Crippen molar-refractivity contribution in [3.8, 4) is 0 Å². The van der Waals surface area contributed by atoms with Gasteiger partial charge in [0.1, 0.15) is 0 Å². The van der Waals surface area contributed by atoms with Crippen molar-refractivity contribution in [2.45, 2.75) is 31.0 Å². The van der Waals surface area contributed by atoms with E-state index in [1.807, 2.05) is 0 Å². The van der Waals surface area contributed by atoms with Crippen molar-refractivity contribution in [3.63, 3.8) is 0 Å². The second-order valence-electron chi connectivity index (χ2n) is 4.23. The fraction of sp³-hybridized carbons (Fsp3) is 0.556. The lowest BCUT2D eigenvalue weighted by atomic mass is 9.69. The Bertz CT molecular complexity index is 388. The second kappa shape index (κ2) is 0.620. The molecule has 5 aliphatic rings. The molecule has 1 spiro atoms. The summed E-state index contributed by atoms with van der Waals surface area (Å²) in [6, 6.07) is 1.88. The highest BCUT2D eigenvalue weighted by molar-refractivity contribution is 5.92. The third kappa shape index (κ3) is 0.126. The van der Waals surface area contributed by atoms with Gasteiger partial charge in [-0.1, -0.05) is 0 Å². The lowest BCUT2D eigenvalue weighted by Gasteiger charge is -2.32. The highest BCUT2D eigenvalue weighted by Crippen LogP contribution is 2.86. The Labute approximate surface area is 59.0 Å². The van der Waals surface area contributed by atoms with Crippen LogP contribution in [0.3, 0.4) is 0 Å². The van der Waals surface area contributed by atoms with E-state index in [0.29, 0.717) is 5.54 Å². The van der Waals surface area contributed by atoms with E-state index >= 15 is 0 Å². The summed E-state index contributed by atoms with van der Waals surface area (Å²) in [5, 5.41) is 0. The zero-order chi connectivity index (χ0) is 6.25. The molecule has 2 fully saturated rings. The number of nitrogens with zero attached hydrogens (tertiary/aromatic N) is 1. The summed E-state index contributed by atoms with van der Waals surface area (Å²) in [6.45, 7) is 2.36. The minimum atomic E-state index is 0.699. The molecule has 0 radical (unpaired) electrons. The first kappa shape index (κ1) is 3.72. The molecule has 3 aliphatic carbocycles. The Hall–Kier alpha value is -0.560. The van der Waals surface area contributed by atoms with Gasteiger partial charge in [0.25, 0.3) is 0 Å². The van der Waals surface area contributed by atoms with Crippen molar-refractivity contribution in [1.29, 1.82) is 0 Å². The van der Waals surface area contributed by atoms with Gasteiger partial charge in [0.15, 0.2) is 0 Å². The molecule has 1 heteroatoms. The standard InChI is InChI=1S/C9H7N/c1-3-9-7-5-2-4(5)6(7)8(9)10(3)9/h3,8H,2H2,1H3. The summed E-state index contributed by atoms with van der Waals surface area (Å²) in [7, 11) is 0. The van der Waals surface area contributed by atoms with Crippen LogP contribution in [0.5, 0.6) is 0 Å². The van der Waals surface area contributed by atoms with E-state index in [4.69, 9.17) is 0 Å². The molecule has 2 saturated heterocycles. The van der Waals surface area contributed by atoms with E-state index in [2.05, 4.69) is 11.8 Å². The minimum Gasteiger partial charge on any atom is -0.276 e. The predicted octanol–water partition coefficient (Wildman–Crippen LogP) is 0.836. The van der Waals surface area contributed by atoms with Crippen LogP contribution in [-0.2, 0) is 0 Å². The molecule has 2 aliphatic heterocycles. The summed E-state index contributed by atoms with van der Waals surface area (Å²) in [5.74, 6) is 0.